The van der Waals surface area contributed by atoms with E-state index in [1.807, 2.05) is 49.4 Å². The molecular weight excluding hydrogens is 332 g/mol. The molecule has 4 rings (SSSR count). The Labute approximate surface area is 150 Å². The van der Waals surface area contributed by atoms with E-state index in [1.165, 1.54) is 5.56 Å². The van der Waals surface area contributed by atoms with Crippen molar-refractivity contribution in [2.75, 3.05) is 0 Å². The normalized spacial score (nSPS) is 11.3. The van der Waals surface area contributed by atoms with E-state index >= 15 is 0 Å². The van der Waals surface area contributed by atoms with Crippen LogP contribution in [0.25, 0.3) is 21.9 Å². The van der Waals surface area contributed by atoms with Gasteiger partial charge in [-0.3, -0.25) is 4.79 Å². The lowest BCUT2D eigenvalue weighted by molar-refractivity contribution is 0.101. The molecule has 4 heteroatoms. The van der Waals surface area contributed by atoms with Crippen LogP contribution < -0.4 is 0 Å². The number of halogens is 1. The Morgan fingerprint density at radius 2 is 1.88 bits per heavy atom. The molecule has 0 aliphatic heterocycles. The molecule has 124 valence electrons. The Hall–Kier alpha value is -2.65. The third-order valence-corrected chi connectivity index (χ3v) is 4.75. The molecule has 0 radical (unpaired) electrons. The minimum Gasteiger partial charge on any atom is -0.321 e. The summed E-state index contributed by atoms with van der Waals surface area (Å²) in [4.78, 5) is 16.6. The van der Waals surface area contributed by atoms with Crippen LogP contribution in [0.3, 0.4) is 0 Å². The van der Waals surface area contributed by atoms with Crippen LogP contribution in [-0.2, 0) is 6.54 Å². The molecule has 0 amide bonds. The van der Waals surface area contributed by atoms with Gasteiger partial charge in [0.15, 0.2) is 5.78 Å². The van der Waals surface area contributed by atoms with Gasteiger partial charge in [-0.05, 0) is 42.3 Å². The SMILES string of the molecule is CC(=O)c1cc(C)c2c3cc(Cl)ccc3n(Cc3ccccc3)c2n1. The van der Waals surface area contributed by atoms with Gasteiger partial charge in [0.25, 0.3) is 0 Å². The number of carbonyl (C=O) groups is 1. The van der Waals surface area contributed by atoms with E-state index < -0.39 is 0 Å². The maximum absolute atomic E-state index is 11.9. The Morgan fingerprint density at radius 1 is 1.12 bits per heavy atom. The summed E-state index contributed by atoms with van der Waals surface area (Å²) in [6.07, 6.45) is 0. The van der Waals surface area contributed by atoms with Crippen molar-refractivity contribution in [3.05, 3.63) is 76.4 Å². The highest BCUT2D eigenvalue weighted by Crippen LogP contribution is 2.33. The Balaban J connectivity index is 2.08. The Morgan fingerprint density at radius 3 is 2.60 bits per heavy atom. The number of rotatable bonds is 3. The Kier molecular flexibility index (Phi) is 3.81. The summed E-state index contributed by atoms with van der Waals surface area (Å²) in [5.74, 6) is -0.0282. The summed E-state index contributed by atoms with van der Waals surface area (Å²) >= 11 is 6.24. The van der Waals surface area contributed by atoms with E-state index in [0.717, 1.165) is 27.5 Å². The van der Waals surface area contributed by atoms with Gasteiger partial charge in [-0.15, -0.1) is 0 Å². The van der Waals surface area contributed by atoms with Crippen LogP contribution in [0, 0.1) is 6.92 Å². The third kappa shape index (κ3) is 2.71. The second-order valence-corrected chi connectivity index (χ2v) is 6.75. The maximum atomic E-state index is 11.9. The molecule has 0 aliphatic carbocycles. The van der Waals surface area contributed by atoms with Gasteiger partial charge in [0.05, 0.1) is 5.52 Å². The number of benzene rings is 2. The minimum atomic E-state index is -0.0282. The third-order valence-electron chi connectivity index (χ3n) is 4.52. The number of aryl methyl sites for hydroxylation is 1. The van der Waals surface area contributed by atoms with Crippen molar-refractivity contribution in [3.8, 4) is 0 Å². The topological polar surface area (TPSA) is 34.9 Å². The smallest absolute Gasteiger partial charge is 0.178 e. The molecule has 25 heavy (non-hydrogen) atoms. The zero-order chi connectivity index (χ0) is 17.6. The van der Waals surface area contributed by atoms with E-state index in [-0.39, 0.29) is 5.78 Å². The van der Waals surface area contributed by atoms with Gasteiger partial charge in [0.1, 0.15) is 11.3 Å². The van der Waals surface area contributed by atoms with E-state index in [4.69, 9.17) is 11.6 Å². The van der Waals surface area contributed by atoms with E-state index in [9.17, 15) is 4.79 Å². The summed E-state index contributed by atoms with van der Waals surface area (Å²) < 4.78 is 2.16. The van der Waals surface area contributed by atoms with Crippen molar-refractivity contribution in [2.24, 2.45) is 0 Å². The number of nitrogens with zero attached hydrogens (tertiary/aromatic N) is 2. The predicted molar refractivity (Wildman–Crippen MR) is 103 cm³/mol. The van der Waals surface area contributed by atoms with E-state index in [0.29, 0.717) is 17.3 Å². The van der Waals surface area contributed by atoms with E-state index in [2.05, 4.69) is 21.7 Å². The van der Waals surface area contributed by atoms with Gasteiger partial charge in [0, 0.05) is 29.3 Å². The molecule has 2 aromatic heterocycles. The molecule has 0 aliphatic rings. The van der Waals surface area contributed by atoms with Crippen molar-refractivity contribution >= 4 is 39.3 Å². The molecule has 0 saturated carbocycles. The number of fused-ring (bicyclic) bond motifs is 3. The van der Waals surface area contributed by atoms with Gasteiger partial charge in [-0.2, -0.15) is 0 Å². The van der Waals surface area contributed by atoms with Crippen LogP contribution in [-0.4, -0.2) is 15.3 Å². The van der Waals surface area contributed by atoms with Crippen LogP contribution >= 0.6 is 11.6 Å². The van der Waals surface area contributed by atoms with Crippen molar-refractivity contribution in [1.29, 1.82) is 0 Å². The number of Topliss-reactive ketones (excluding diaryl/α,β-unsaturated/α-hetero) is 1. The fraction of sp³-hybridized carbons (Fsp3) is 0.143. The number of hydrogen-bond donors (Lipinski definition) is 0. The Bertz CT molecular complexity index is 1110. The predicted octanol–water partition coefficient (Wildman–Crippen LogP) is 5.40. The quantitative estimate of drug-likeness (QED) is 0.464. The number of aromatic nitrogens is 2. The van der Waals surface area contributed by atoms with Crippen molar-refractivity contribution < 1.29 is 4.79 Å². The molecule has 0 saturated heterocycles. The molecule has 2 heterocycles. The number of carbonyl (C=O) groups excluding carboxylic acids is 1. The van der Waals surface area contributed by atoms with Gasteiger partial charge < -0.3 is 4.57 Å². The van der Waals surface area contributed by atoms with Crippen molar-refractivity contribution in [3.63, 3.8) is 0 Å². The molecule has 3 nitrogen and oxygen atoms in total. The maximum Gasteiger partial charge on any atom is 0.178 e. The van der Waals surface area contributed by atoms with Gasteiger partial charge in [-0.25, -0.2) is 4.98 Å². The summed E-state index contributed by atoms with van der Waals surface area (Å²) in [5.41, 5.74) is 4.61. The van der Waals surface area contributed by atoms with Crippen LogP contribution in [0.2, 0.25) is 5.02 Å². The first-order valence-corrected chi connectivity index (χ1v) is 8.56. The summed E-state index contributed by atoms with van der Waals surface area (Å²) in [6, 6.07) is 18.0. The van der Waals surface area contributed by atoms with Gasteiger partial charge in [-0.1, -0.05) is 41.9 Å². The first-order valence-electron chi connectivity index (χ1n) is 8.18. The summed E-state index contributed by atoms with van der Waals surface area (Å²) in [5, 5.41) is 2.82. The first kappa shape index (κ1) is 15.9. The molecule has 4 aromatic rings. The zero-order valence-electron chi connectivity index (χ0n) is 14.1. The van der Waals surface area contributed by atoms with E-state index in [1.54, 1.807) is 6.92 Å². The van der Waals surface area contributed by atoms with Crippen LogP contribution in [0.4, 0.5) is 0 Å². The zero-order valence-corrected chi connectivity index (χ0v) is 14.8. The molecule has 0 fully saturated rings. The lowest BCUT2D eigenvalue weighted by atomic mass is 10.1. The monoisotopic (exact) mass is 348 g/mol. The second-order valence-electron chi connectivity index (χ2n) is 6.31. The number of pyridine rings is 1. The lowest BCUT2D eigenvalue weighted by Crippen LogP contribution is -2.04. The van der Waals surface area contributed by atoms with Crippen LogP contribution in [0.1, 0.15) is 28.5 Å². The molecule has 2 aromatic carbocycles. The number of ketones is 1. The fourth-order valence-corrected chi connectivity index (χ4v) is 3.52. The van der Waals surface area contributed by atoms with Gasteiger partial charge in [0.2, 0.25) is 0 Å². The fourth-order valence-electron chi connectivity index (χ4n) is 3.35. The molecule has 0 atom stereocenters. The molecule has 0 N–H and O–H groups in total. The van der Waals surface area contributed by atoms with Crippen LogP contribution in [0.5, 0.6) is 0 Å². The van der Waals surface area contributed by atoms with Crippen molar-refractivity contribution in [1.82, 2.24) is 9.55 Å². The molecular formula is C21H17ClN2O. The standard InChI is InChI=1S/C21H17ClN2O/c1-13-10-18(14(2)25)23-21-20(13)17-11-16(22)8-9-19(17)24(21)12-15-6-4-3-5-7-15/h3-11H,12H2,1-2H3. The summed E-state index contributed by atoms with van der Waals surface area (Å²) in [7, 11) is 0. The second kappa shape index (κ2) is 6.01. The largest absolute Gasteiger partial charge is 0.321 e. The number of hydrogen-bond acceptors (Lipinski definition) is 2. The van der Waals surface area contributed by atoms with Crippen LogP contribution in [0.15, 0.2) is 54.6 Å². The van der Waals surface area contributed by atoms with Crippen molar-refractivity contribution in [2.45, 2.75) is 20.4 Å². The molecule has 0 unspecified atom stereocenters. The van der Waals surface area contributed by atoms with Gasteiger partial charge >= 0.3 is 0 Å². The highest BCUT2D eigenvalue weighted by atomic mass is 35.5. The highest BCUT2D eigenvalue weighted by molar-refractivity contribution is 6.32. The highest BCUT2D eigenvalue weighted by Gasteiger charge is 2.17. The molecule has 0 spiro atoms. The lowest BCUT2D eigenvalue weighted by Gasteiger charge is -2.08. The average Bonchev–Trinajstić information content (AvgIpc) is 2.89. The molecule has 0 bridgehead atoms. The first-order chi connectivity index (χ1) is 12.0. The average molecular weight is 349 g/mol. The summed E-state index contributed by atoms with van der Waals surface area (Å²) in [6.45, 7) is 4.26. The minimum absolute atomic E-state index is 0.0282.